The van der Waals surface area contributed by atoms with E-state index >= 15 is 0 Å². The topological polar surface area (TPSA) is 64.6 Å². The first-order valence-corrected chi connectivity index (χ1v) is 7.94. The van der Waals surface area contributed by atoms with E-state index in [-0.39, 0.29) is 17.9 Å². The number of halogens is 2. The van der Waals surface area contributed by atoms with E-state index in [1.54, 1.807) is 11.8 Å². The maximum absolute atomic E-state index is 14.2. The van der Waals surface area contributed by atoms with Crippen LogP contribution in [0.1, 0.15) is 32.6 Å². The molecule has 1 fully saturated rings. The number of carbonyl (C=O) groups is 1. The Morgan fingerprint density at radius 1 is 1.26 bits per heavy atom. The average Bonchev–Trinajstić information content (AvgIpc) is 2.47. The van der Waals surface area contributed by atoms with Gasteiger partial charge in [-0.15, -0.1) is 0 Å². The monoisotopic (exact) mass is 327 g/mol. The summed E-state index contributed by atoms with van der Waals surface area (Å²) in [6.07, 6.45) is 2.81. The molecular formula is C16H23F2N3O2. The molecular weight excluding hydrogens is 304 g/mol. The maximum atomic E-state index is 14.2. The number of nitrogens with one attached hydrogen (secondary N) is 2. The van der Waals surface area contributed by atoms with E-state index in [1.165, 1.54) is 0 Å². The lowest BCUT2D eigenvalue weighted by atomic mass is 10.1. The molecule has 0 aromatic heterocycles. The van der Waals surface area contributed by atoms with Gasteiger partial charge in [-0.2, -0.15) is 0 Å². The van der Waals surface area contributed by atoms with Crippen molar-refractivity contribution in [1.82, 2.24) is 5.32 Å². The highest BCUT2D eigenvalue weighted by Gasteiger charge is 2.20. The van der Waals surface area contributed by atoms with Gasteiger partial charge >= 0.3 is 6.03 Å². The zero-order valence-electron chi connectivity index (χ0n) is 13.2. The lowest BCUT2D eigenvalue weighted by Crippen LogP contribution is -2.32. The van der Waals surface area contributed by atoms with Crippen LogP contribution in [0.3, 0.4) is 0 Å². The Balaban J connectivity index is 2.00. The third kappa shape index (κ3) is 5.06. The number of hydrogen-bond acceptors (Lipinski definition) is 3. The van der Waals surface area contributed by atoms with Gasteiger partial charge in [0.1, 0.15) is 5.69 Å². The third-order valence-corrected chi connectivity index (χ3v) is 3.79. The van der Waals surface area contributed by atoms with Gasteiger partial charge in [-0.3, -0.25) is 0 Å². The van der Waals surface area contributed by atoms with Crippen LogP contribution in [0, 0.1) is 11.6 Å². The number of benzene rings is 1. The highest BCUT2D eigenvalue weighted by molar-refractivity contribution is 5.89. The van der Waals surface area contributed by atoms with Crippen LogP contribution in [-0.2, 0) is 0 Å². The number of aliphatic hydroxyl groups is 1. The number of aliphatic hydroxyl groups excluding tert-OH is 1. The summed E-state index contributed by atoms with van der Waals surface area (Å²) in [4.78, 5) is 13.4. The number of carbonyl (C=O) groups excluding carboxylic acids is 1. The van der Waals surface area contributed by atoms with Crippen LogP contribution in [0.2, 0.25) is 0 Å². The summed E-state index contributed by atoms with van der Waals surface area (Å²) in [5.74, 6) is -1.35. The normalized spacial score (nSPS) is 16.1. The Kier molecular flexibility index (Phi) is 6.15. The minimum atomic E-state index is -0.675. The fourth-order valence-electron chi connectivity index (χ4n) is 2.63. The molecule has 1 saturated heterocycles. The smallest absolute Gasteiger partial charge is 0.319 e. The minimum absolute atomic E-state index is 0.0234. The summed E-state index contributed by atoms with van der Waals surface area (Å²) in [6.45, 7) is 3.17. The lowest BCUT2D eigenvalue weighted by molar-refractivity contribution is 0.184. The van der Waals surface area contributed by atoms with E-state index in [2.05, 4.69) is 10.6 Å². The standard InChI is InChI=1S/C16H23F2N3O2/c1-11(22)5-6-19-16(23)20-12-9-13(17)15(14(18)10-12)21-7-3-2-4-8-21/h9-11,22H,2-8H2,1H3,(H2,19,20,23). The van der Waals surface area contributed by atoms with E-state index in [9.17, 15) is 13.6 Å². The van der Waals surface area contributed by atoms with E-state index in [1.807, 2.05) is 0 Å². The van der Waals surface area contributed by atoms with Gasteiger partial charge in [0.15, 0.2) is 11.6 Å². The molecule has 2 rings (SSSR count). The van der Waals surface area contributed by atoms with Crippen molar-refractivity contribution in [3.8, 4) is 0 Å². The number of anilines is 2. The van der Waals surface area contributed by atoms with Crippen LogP contribution < -0.4 is 15.5 Å². The van der Waals surface area contributed by atoms with Crippen LogP contribution in [0.5, 0.6) is 0 Å². The predicted molar refractivity (Wildman–Crippen MR) is 85.7 cm³/mol. The lowest BCUT2D eigenvalue weighted by Gasteiger charge is -2.29. The molecule has 1 aromatic carbocycles. The van der Waals surface area contributed by atoms with E-state index in [4.69, 9.17) is 5.11 Å². The number of urea groups is 1. The fourth-order valence-corrected chi connectivity index (χ4v) is 2.63. The molecule has 1 atom stereocenters. The van der Waals surface area contributed by atoms with Crippen molar-refractivity contribution in [2.45, 2.75) is 38.7 Å². The van der Waals surface area contributed by atoms with Gasteiger partial charge in [0.2, 0.25) is 0 Å². The second-order valence-electron chi connectivity index (χ2n) is 5.85. The molecule has 3 N–H and O–H groups in total. The number of piperidine rings is 1. The van der Waals surface area contributed by atoms with Gasteiger partial charge in [0.05, 0.1) is 6.10 Å². The van der Waals surface area contributed by atoms with Gasteiger partial charge in [0, 0.05) is 25.3 Å². The van der Waals surface area contributed by atoms with Crippen LogP contribution in [-0.4, -0.2) is 36.9 Å². The van der Waals surface area contributed by atoms with Crippen molar-refractivity contribution in [3.63, 3.8) is 0 Å². The van der Waals surface area contributed by atoms with E-state index in [0.29, 0.717) is 19.5 Å². The quantitative estimate of drug-likeness (QED) is 0.779. The van der Waals surface area contributed by atoms with Crippen LogP contribution in [0.15, 0.2) is 12.1 Å². The zero-order valence-corrected chi connectivity index (χ0v) is 13.2. The third-order valence-electron chi connectivity index (χ3n) is 3.79. The number of hydrogen-bond donors (Lipinski definition) is 3. The first-order valence-electron chi connectivity index (χ1n) is 7.94. The molecule has 1 heterocycles. The van der Waals surface area contributed by atoms with Crippen molar-refractivity contribution in [2.24, 2.45) is 0 Å². The maximum Gasteiger partial charge on any atom is 0.319 e. The zero-order chi connectivity index (χ0) is 16.8. The SMILES string of the molecule is CC(O)CCNC(=O)Nc1cc(F)c(N2CCCCC2)c(F)c1. The molecule has 23 heavy (non-hydrogen) atoms. The average molecular weight is 327 g/mol. The van der Waals surface area contributed by atoms with Crippen molar-refractivity contribution in [2.75, 3.05) is 29.9 Å². The molecule has 0 bridgehead atoms. The highest BCUT2D eigenvalue weighted by atomic mass is 19.1. The van der Waals surface area contributed by atoms with Crippen molar-refractivity contribution < 1.29 is 18.7 Å². The Bertz CT molecular complexity index is 523. The highest BCUT2D eigenvalue weighted by Crippen LogP contribution is 2.29. The Labute approximate surface area is 134 Å². The summed E-state index contributed by atoms with van der Waals surface area (Å²) in [5.41, 5.74) is 0.0417. The molecule has 1 aliphatic rings. The first-order chi connectivity index (χ1) is 11.0. The molecule has 1 aromatic rings. The van der Waals surface area contributed by atoms with Crippen LogP contribution in [0.4, 0.5) is 25.0 Å². The van der Waals surface area contributed by atoms with Crippen LogP contribution >= 0.6 is 0 Å². The summed E-state index contributed by atoms with van der Waals surface area (Å²) >= 11 is 0. The second kappa shape index (κ2) is 8.10. The van der Waals surface area contributed by atoms with Crippen LogP contribution in [0.25, 0.3) is 0 Å². The Morgan fingerprint density at radius 3 is 2.43 bits per heavy atom. The van der Waals surface area contributed by atoms with E-state index < -0.39 is 23.8 Å². The molecule has 128 valence electrons. The second-order valence-corrected chi connectivity index (χ2v) is 5.85. The number of rotatable bonds is 5. The predicted octanol–water partition coefficient (Wildman–Crippen LogP) is 2.85. The summed E-state index contributed by atoms with van der Waals surface area (Å²) in [7, 11) is 0. The summed E-state index contributed by atoms with van der Waals surface area (Å²) in [5, 5.41) is 14.0. The molecule has 0 spiro atoms. The summed E-state index contributed by atoms with van der Waals surface area (Å²) in [6, 6.07) is 1.69. The molecule has 1 unspecified atom stereocenters. The molecule has 5 nitrogen and oxygen atoms in total. The van der Waals surface area contributed by atoms with Gasteiger partial charge in [-0.25, -0.2) is 13.6 Å². The Morgan fingerprint density at radius 2 is 1.87 bits per heavy atom. The first kappa shape index (κ1) is 17.5. The summed E-state index contributed by atoms with van der Waals surface area (Å²) < 4.78 is 28.4. The molecule has 7 heteroatoms. The Hall–Kier alpha value is -1.89. The largest absolute Gasteiger partial charge is 0.393 e. The molecule has 2 amide bonds. The number of nitrogens with zero attached hydrogens (tertiary/aromatic N) is 1. The van der Waals surface area contributed by atoms with Crippen molar-refractivity contribution in [1.29, 1.82) is 0 Å². The van der Waals surface area contributed by atoms with E-state index in [0.717, 1.165) is 31.4 Å². The molecule has 1 aliphatic heterocycles. The number of amides is 2. The van der Waals surface area contributed by atoms with Crippen molar-refractivity contribution >= 4 is 17.4 Å². The molecule has 0 radical (unpaired) electrons. The minimum Gasteiger partial charge on any atom is -0.393 e. The van der Waals surface area contributed by atoms with Gasteiger partial charge in [0.25, 0.3) is 0 Å². The molecule has 0 saturated carbocycles. The van der Waals surface area contributed by atoms with Gasteiger partial charge in [-0.1, -0.05) is 0 Å². The molecule has 0 aliphatic carbocycles. The van der Waals surface area contributed by atoms with Gasteiger partial charge in [-0.05, 0) is 44.7 Å². The fraction of sp³-hybridized carbons (Fsp3) is 0.562. The van der Waals surface area contributed by atoms with Crippen molar-refractivity contribution in [3.05, 3.63) is 23.8 Å². The van der Waals surface area contributed by atoms with Gasteiger partial charge < -0.3 is 20.6 Å².